The lowest BCUT2D eigenvalue weighted by Crippen LogP contribution is -2.44. The minimum absolute atomic E-state index is 0.00317. The van der Waals surface area contributed by atoms with Gasteiger partial charge in [0.1, 0.15) is 18.2 Å². The van der Waals surface area contributed by atoms with Crippen molar-refractivity contribution in [3.05, 3.63) is 63.7 Å². The van der Waals surface area contributed by atoms with E-state index in [0.29, 0.717) is 24.7 Å². The number of hydrogen-bond donors (Lipinski definition) is 1. The molecule has 7 nitrogen and oxygen atoms in total. The fourth-order valence-electron chi connectivity index (χ4n) is 4.76. The van der Waals surface area contributed by atoms with Crippen LogP contribution in [0.4, 0.5) is 10.2 Å². The van der Waals surface area contributed by atoms with Crippen LogP contribution in [0.3, 0.4) is 0 Å². The first-order valence-electron chi connectivity index (χ1n) is 12.5. The van der Waals surface area contributed by atoms with Crippen molar-refractivity contribution in [1.82, 2.24) is 15.1 Å². The van der Waals surface area contributed by atoms with Gasteiger partial charge in [-0.3, -0.25) is 14.5 Å². The van der Waals surface area contributed by atoms with Crippen LogP contribution in [-0.2, 0) is 19.7 Å². The molecule has 0 saturated carbocycles. The Morgan fingerprint density at radius 2 is 2.11 bits per heavy atom. The smallest absolute Gasteiger partial charge is 0.240 e. The Bertz CT molecular complexity index is 1280. The fourth-order valence-corrected chi connectivity index (χ4v) is 6.93. The Balaban J connectivity index is 1.63. The number of thiophene rings is 1. The summed E-state index contributed by atoms with van der Waals surface area (Å²) in [5.74, 6) is -0.113. The van der Waals surface area contributed by atoms with E-state index in [1.807, 2.05) is 11.4 Å². The van der Waals surface area contributed by atoms with Gasteiger partial charge in [0.15, 0.2) is 0 Å². The highest BCUT2D eigenvalue weighted by Gasteiger charge is 2.40. The van der Waals surface area contributed by atoms with Crippen LogP contribution in [0.15, 0.2) is 41.8 Å². The molecule has 2 aliphatic heterocycles. The number of thioether (sulfide) groups is 1. The molecule has 0 unspecified atom stereocenters. The van der Waals surface area contributed by atoms with Crippen molar-refractivity contribution in [3.63, 3.8) is 0 Å². The number of carbonyl (C=O) groups is 2. The minimum Gasteiger partial charge on any atom is -0.376 e. The minimum atomic E-state index is -0.399. The Morgan fingerprint density at radius 1 is 1.27 bits per heavy atom. The molecule has 1 N–H and O–H groups in total. The van der Waals surface area contributed by atoms with Gasteiger partial charge in [-0.25, -0.2) is 9.07 Å². The molecular formula is C27H31FN4O3S2. The molecule has 2 atom stereocenters. The van der Waals surface area contributed by atoms with Gasteiger partial charge in [-0.2, -0.15) is 5.10 Å². The van der Waals surface area contributed by atoms with Crippen LogP contribution < -0.4 is 10.2 Å². The number of amides is 2. The van der Waals surface area contributed by atoms with Crippen molar-refractivity contribution in [2.24, 2.45) is 0 Å². The van der Waals surface area contributed by atoms with Crippen molar-refractivity contribution in [2.75, 3.05) is 30.3 Å². The number of aromatic nitrogens is 2. The molecule has 1 aromatic carbocycles. The summed E-state index contributed by atoms with van der Waals surface area (Å²) in [4.78, 5) is 29.3. The van der Waals surface area contributed by atoms with Crippen molar-refractivity contribution < 1.29 is 18.7 Å². The first-order chi connectivity index (χ1) is 17.7. The van der Waals surface area contributed by atoms with Crippen LogP contribution in [0.25, 0.3) is 5.69 Å². The van der Waals surface area contributed by atoms with E-state index in [1.54, 1.807) is 28.2 Å². The summed E-state index contributed by atoms with van der Waals surface area (Å²) in [6, 6.07) is 10.2. The maximum absolute atomic E-state index is 14.3. The molecule has 1 saturated heterocycles. The van der Waals surface area contributed by atoms with Crippen molar-refractivity contribution in [2.45, 2.75) is 50.4 Å². The Labute approximate surface area is 224 Å². The lowest BCUT2D eigenvalue weighted by molar-refractivity contribution is -0.123. The Hall–Kier alpha value is -2.69. The third-order valence-electron chi connectivity index (χ3n) is 6.51. The van der Waals surface area contributed by atoms with Crippen LogP contribution in [0.5, 0.6) is 0 Å². The second-order valence-corrected chi connectivity index (χ2v) is 12.4. The van der Waals surface area contributed by atoms with E-state index in [0.717, 1.165) is 29.0 Å². The molecule has 196 valence electrons. The van der Waals surface area contributed by atoms with Crippen molar-refractivity contribution in [3.8, 4) is 5.69 Å². The van der Waals surface area contributed by atoms with Crippen LogP contribution in [0.1, 0.15) is 55.0 Å². The molecule has 0 spiro atoms. The van der Waals surface area contributed by atoms with Gasteiger partial charge < -0.3 is 10.1 Å². The molecule has 0 aliphatic carbocycles. The number of hydrogen-bond acceptors (Lipinski definition) is 6. The molecule has 3 aromatic rings. The molecule has 2 aromatic heterocycles. The van der Waals surface area contributed by atoms with E-state index in [2.05, 4.69) is 32.2 Å². The van der Waals surface area contributed by atoms with Gasteiger partial charge in [-0.15, -0.1) is 23.1 Å². The topological polar surface area (TPSA) is 76.5 Å². The molecule has 1 fully saturated rings. The highest BCUT2D eigenvalue weighted by Crippen LogP contribution is 2.49. The standard InChI is InChI=1S/C27H31FN4O3S2/c1-27(2,3)25-23-24(20-10-6-12-36-20)37-16-22(34)31(15-21(33)29-14-19-9-5-11-35-19)26(23)32(30-25)18-8-4-7-17(28)13-18/h4,6-8,10,12-13,19,24H,5,9,11,14-16H2,1-3H3,(H,29,33)/t19-,24-/m0/s1. The number of benzene rings is 1. The number of ether oxygens (including phenoxy) is 1. The second-order valence-electron chi connectivity index (χ2n) is 10.4. The van der Waals surface area contributed by atoms with Crippen LogP contribution >= 0.6 is 23.1 Å². The Morgan fingerprint density at radius 3 is 2.78 bits per heavy atom. The maximum atomic E-state index is 14.3. The fraction of sp³-hybridized carbons (Fsp3) is 0.444. The lowest BCUT2D eigenvalue weighted by Gasteiger charge is -2.24. The summed E-state index contributed by atoms with van der Waals surface area (Å²) in [6.07, 6.45) is 1.90. The van der Waals surface area contributed by atoms with Gasteiger partial charge in [0.05, 0.1) is 28.5 Å². The molecular weight excluding hydrogens is 511 g/mol. The lowest BCUT2D eigenvalue weighted by atomic mass is 9.88. The molecule has 2 amide bonds. The molecule has 4 heterocycles. The van der Waals surface area contributed by atoms with E-state index < -0.39 is 5.82 Å². The number of halogens is 1. The van der Waals surface area contributed by atoms with Gasteiger partial charge in [0, 0.05) is 29.0 Å². The second kappa shape index (κ2) is 10.6. The van der Waals surface area contributed by atoms with Crippen LogP contribution in [0.2, 0.25) is 0 Å². The van der Waals surface area contributed by atoms with Crippen LogP contribution in [-0.4, -0.2) is 53.1 Å². The van der Waals surface area contributed by atoms with E-state index in [-0.39, 0.29) is 40.9 Å². The zero-order chi connectivity index (χ0) is 26.2. The molecule has 0 bridgehead atoms. The normalized spacial score (nSPS) is 20.1. The van der Waals surface area contributed by atoms with Gasteiger partial charge in [0.25, 0.3) is 0 Å². The highest BCUT2D eigenvalue weighted by atomic mass is 32.2. The number of carbonyl (C=O) groups excluding carboxylic acids is 2. The summed E-state index contributed by atoms with van der Waals surface area (Å²) in [6.45, 7) is 7.20. The quantitative estimate of drug-likeness (QED) is 0.483. The number of nitrogens with one attached hydrogen (secondary N) is 1. The van der Waals surface area contributed by atoms with Gasteiger partial charge in [-0.1, -0.05) is 32.9 Å². The summed E-state index contributed by atoms with van der Waals surface area (Å²) in [5.41, 5.74) is 1.85. The van der Waals surface area contributed by atoms with E-state index >= 15 is 0 Å². The molecule has 5 rings (SSSR count). The number of rotatable bonds is 6. The summed E-state index contributed by atoms with van der Waals surface area (Å²) in [7, 11) is 0. The van der Waals surface area contributed by atoms with E-state index in [9.17, 15) is 14.0 Å². The van der Waals surface area contributed by atoms with Crippen molar-refractivity contribution >= 4 is 40.7 Å². The van der Waals surface area contributed by atoms with E-state index in [1.165, 1.54) is 28.8 Å². The molecule has 0 radical (unpaired) electrons. The van der Waals surface area contributed by atoms with Crippen molar-refractivity contribution in [1.29, 1.82) is 0 Å². The zero-order valence-corrected chi connectivity index (χ0v) is 22.8. The largest absolute Gasteiger partial charge is 0.376 e. The predicted octanol–water partition coefficient (Wildman–Crippen LogP) is 4.83. The average Bonchev–Trinajstić information content (AvgIpc) is 3.61. The number of nitrogens with zero attached hydrogens (tertiary/aromatic N) is 3. The SMILES string of the molecule is CC(C)(C)c1nn(-c2cccc(F)c2)c2c1[C@H](c1cccs1)SCC(=O)N2CC(=O)NC[C@@H]1CCCO1. The number of fused-ring (bicyclic) bond motifs is 1. The monoisotopic (exact) mass is 542 g/mol. The predicted molar refractivity (Wildman–Crippen MR) is 145 cm³/mol. The molecule has 37 heavy (non-hydrogen) atoms. The van der Waals surface area contributed by atoms with E-state index in [4.69, 9.17) is 9.84 Å². The summed E-state index contributed by atoms with van der Waals surface area (Å²) in [5, 5.41) is 9.79. The first kappa shape index (κ1) is 25.9. The molecule has 10 heteroatoms. The van der Waals surface area contributed by atoms with Gasteiger partial charge >= 0.3 is 0 Å². The maximum Gasteiger partial charge on any atom is 0.240 e. The third-order valence-corrected chi connectivity index (χ3v) is 8.83. The Kier molecular flexibility index (Phi) is 7.42. The summed E-state index contributed by atoms with van der Waals surface area (Å²) >= 11 is 3.17. The van der Waals surface area contributed by atoms with Gasteiger partial charge in [0.2, 0.25) is 11.8 Å². The zero-order valence-electron chi connectivity index (χ0n) is 21.2. The first-order valence-corrected chi connectivity index (χ1v) is 14.4. The highest BCUT2D eigenvalue weighted by molar-refractivity contribution is 8.00. The third kappa shape index (κ3) is 5.46. The number of anilines is 1. The van der Waals surface area contributed by atoms with Gasteiger partial charge in [-0.05, 0) is 42.5 Å². The average molecular weight is 543 g/mol. The van der Waals surface area contributed by atoms with Crippen LogP contribution in [0, 0.1) is 5.82 Å². The summed E-state index contributed by atoms with van der Waals surface area (Å²) < 4.78 is 21.6. The molecule has 2 aliphatic rings.